The number of nitrogens with zero attached hydrogens (tertiary/aromatic N) is 1. The third-order valence-corrected chi connectivity index (χ3v) is 4.26. The fraction of sp³-hybridized carbons (Fsp3) is 0.125. The maximum Gasteiger partial charge on any atom is 0.271 e. The number of carbonyl (C=O) groups excluding carboxylic acids is 2. The lowest BCUT2D eigenvalue weighted by atomic mass is 10.1. The van der Waals surface area contributed by atoms with E-state index < -0.39 is 0 Å². The van der Waals surface area contributed by atoms with E-state index in [4.69, 9.17) is 4.74 Å². The molecule has 2 N–H and O–H groups in total. The Morgan fingerprint density at radius 1 is 0.933 bits per heavy atom. The summed E-state index contributed by atoms with van der Waals surface area (Å²) < 4.78 is 5.38. The third kappa shape index (κ3) is 5.78. The Hall–Kier alpha value is -3.93. The molecule has 0 bridgehead atoms. The quantitative estimate of drug-likeness (QED) is 0.455. The van der Waals surface area contributed by atoms with E-state index in [1.54, 1.807) is 36.5 Å². The molecule has 0 spiro atoms. The van der Waals surface area contributed by atoms with Gasteiger partial charge in [0.15, 0.2) is 0 Å². The number of rotatable bonds is 7. The van der Waals surface area contributed by atoms with Gasteiger partial charge in [-0.2, -0.15) is 5.10 Å². The minimum absolute atomic E-state index is 0.198. The topological polar surface area (TPSA) is 79.8 Å². The normalized spacial score (nSPS) is 10.6. The summed E-state index contributed by atoms with van der Waals surface area (Å²) in [5.74, 6) is 0.248. The molecule has 0 saturated carbocycles. The van der Waals surface area contributed by atoms with Gasteiger partial charge in [-0.25, -0.2) is 5.43 Å². The number of carbonyl (C=O) groups is 2. The Kier molecular flexibility index (Phi) is 6.95. The lowest BCUT2D eigenvalue weighted by Gasteiger charge is -2.07. The molecule has 6 heteroatoms. The zero-order chi connectivity index (χ0) is 21.3. The number of ether oxygens (including phenoxy) is 1. The first kappa shape index (κ1) is 20.8. The number of anilines is 1. The summed E-state index contributed by atoms with van der Waals surface area (Å²) in [5.41, 5.74) is 5.97. The van der Waals surface area contributed by atoms with E-state index in [0.29, 0.717) is 23.4 Å². The summed E-state index contributed by atoms with van der Waals surface area (Å²) in [4.78, 5) is 24.5. The van der Waals surface area contributed by atoms with E-state index >= 15 is 0 Å². The Morgan fingerprint density at radius 3 is 2.33 bits per heavy atom. The van der Waals surface area contributed by atoms with Crippen LogP contribution >= 0.6 is 0 Å². The molecule has 0 unspecified atom stereocenters. The summed E-state index contributed by atoms with van der Waals surface area (Å²) in [6.45, 7) is 4.47. The van der Waals surface area contributed by atoms with Crippen LogP contribution in [0.2, 0.25) is 0 Å². The number of nitrogens with one attached hydrogen (secondary N) is 2. The molecule has 0 aliphatic rings. The first-order chi connectivity index (χ1) is 14.5. The zero-order valence-corrected chi connectivity index (χ0v) is 16.9. The predicted molar refractivity (Wildman–Crippen MR) is 118 cm³/mol. The van der Waals surface area contributed by atoms with Crippen molar-refractivity contribution in [3.63, 3.8) is 0 Å². The molecular weight excluding hydrogens is 378 g/mol. The number of hydrazone groups is 1. The van der Waals surface area contributed by atoms with Crippen LogP contribution in [-0.4, -0.2) is 24.6 Å². The van der Waals surface area contributed by atoms with Gasteiger partial charge in [0, 0.05) is 16.8 Å². The van der Waals surface area contributed by atoms with Crippen molar-refractivity contribution in [1.29, 1.82) is 0 Å². The van der Waals surface area contributed by atoms with Crippen LogP contribution in [0.15, 0.2) is 77.9 Å². The average Bonchev–Trinajstić information content (AvgIpc) is 2.75. The maximum absolute atomic E-state index is 12.3. The highest BCUT2D eigenvalue weighted by Gasteiger charge is 2.08. The molecule has 0 heterocycles. The molecular formula is C24H23N3O3. The summed E-state index contributed by atoms with van der Waals surface area (Å²) in [6.07, 6.45) is 1.56. The molecule has 3 rings (SSSR count). The Bertz CT molecular complexity index is 1040. The second-order valence-electron chi connectivity index (χ2n) is 6.60. The highest BCUT2D eigenvalue weighted by Crippen LogP contribution is 2.13. The van der Waals surface area contributed by atoms with Gasteiger partial charge in [0.05, 0.1) is 12.8 Å². The van der Waals surface area contributed by atoms with E-state index in [0.717, 1.165) is 16.9 Å². The van der Waals surface area contributed by atoms with Crippen LogP contribution in [0.3, 0.4) is 0 Å². The van der Waals surface area contributed by atoms with Gasteiger partial charge < -0.3 is 10.1 Å². The molecule has 0 atom stereocenters. The van der Waals surface area contributed by atoms with Crippen molar-refractivity contribution in [3.05, 3.63) is 95.1 Å². The molecule has 0 fully saturated rings. The molecule has 6 nitrogen and oxygen atoms in total. The molecule has 2 amide bonds. The van der Waals surface area contributed by atoms with Crippen molar-refractivity contribution in [2.45, 2.75) is 13.8 Å². The van der Waals surface area contributed by atoms with Gasteiger partial charge in [0.2, 0.25) is 0 Å². The maximum atomic E-state index is 12.3. The lowest BCUT2D eigenvalue weighted by molar-refractivity contribution is 0.0954. The molecule has 0 aromatic heterocycles. The van der Waals surface area contributed by atoms with Crippen LogP contribution in [0, 0.1) is 6.92 Å². The first-order valence-electron chi connectivity index (χ1n) is 9.59. The standard InChI is InChI=1S/C24H23N3O3/c1-3-30-22-13-7-18(8-14-22)16-25-27-24(29)19-9-11-21(12-10-19)26-23(28)20-6-4-5-17(2)15-20/h4-16H,3H2,1-2H3,(H,26,28)(H,27,29)/b25-16+. The second-order valence-corrected chi connectivity index (χ2v) is 6.60. The fourth-order valence-corrected chi connectivity index (χ4v) is 2.74. The fourth-order valence-electron chi connectivity index (χ4n) is 2.74. The average molecular weight is 401 g/mol. The molecule has 0 saturated heterocycles. The van der Waals surface area contributed by atoms with Crippen LogP contribution in [-0.2, 0) is 0 Å². The van der Waals surface area contributed by atoms with Gasteiger partial charge in [-0.1, -0.05) is 17.7 Å². The van der Waals surface area contributed by atoms with Crippen LogP contribution < -0.4 is 15.5 Å². The molecule has 3 aromatic carbocycles. The van der Waals surface area contributed by atoms with E-state index in [-0.39, 0.29) is 11.8 Å². The lowest BCUT2D eigenvalue weighted by Crippen LogP contribution is -2.17. The number of hydrogen-bond acceptors (Lipinski definition) is 4. The molecule has 0 aliphatic carbocycles. The number of aryl methyl sites for hydroxylation is 1. The van der Waals surface area contributed by atoms with Gasteiger partial charge in [-0.3, -0.25) is 9.59 Å². The van der Waals surface area contributed by atoms with Crippen LogP contribution in [0.1, 0.15) is 38.8 Å². The molecule has 0 aliphatic heterocycles. The molecule has 3 aromatic rings. The molecule has 0 radical (unpaired) electrons. The van der Waals surface area contributed by atoms with Crippen LogP contribution in [0.4, 0.5) is 5.69 Å². The van der Waals surface area contributed by atoms with E-state index in [1.165, 1.54) is 0 Å². The SMILES string of the molecule is CCOc1ccc(/C=N/NC(=O)c2ccc(NC(=O)c3cccc(C)c3)cc2)cc1. The third-order valence-electron chi connectivity index (χ3n) is 4.26. The van der Waals surface area contributed by atoms with Crippen molar-refractivity contribution in [2.24, 2.45) is 5.10 Å². The highest BCUT2D eigenvalue weighted by atomic mass is 16.5. The van der Waals surface area contributed by atoms with Crippen LogP contribution in [0.5, 0.6) is 5.75 Å². The van der Waals surface area contributed by atoms with Crippen molar-refractivity contribution < 1.29 is 14.3 Å². The van der Waals surface area contributed by atoms with E-state index in [1.807, 2.05) is 56.3 Å². The highest BCUT2D eigenvalue weighted by molar-refractivity contribution is 6.04. The van der Waals surface area contributed by atoms with Crippen molar-refractivity contribution in [1.82, 2.24) is 5.43 Å². The van der Waals surface area contributed by atoms with E-state index in [2.05, 4.69) is 15.8 Å². The van der Waals surface area contributed by atoms with Crippen molar-refractivity contribution >= 4 is 23.7 Å². The minimum Gasteiger partial charge on any atom is -0.494 e. The summed E-state index contributed by atoms with van der Waals surface area (Å²) >= 11 is 0. The summed E-state index contributed by atoms with van der Waals surface area (Å²) in [5, 5.41) is 6.80. The zero-order valence-electron chi connectivity index (χ0n) is 16.9. The smallest absolute Gasteiger partial charge is 0.271 e. The van der Waals surface area contributed by atoms with Gasteiger partial charge in [-0.15, -0.1) is 0 Å². The van der Waals surface area contributed by atoms with Crippen molar-refractivity contribution in [3.8, 4) is 5.75 Å². The van der Waals surface area contributed by atoms with Gasteiger partial charge in [0.1, 0.15) is 5.75 Å². The summed E-state index contributed by atoms with van der Waals surface area (Å²) in [7, 11) is 0. The Morgan fingerprint density at radius 2 is 1.67 bits per heavy atom. The monoisotopic (exact) mass is 401 g/mol. The molecule has 30 heavy (non-hydrogen) atoms. The van der Waals surface area contributed by atoms with Gasteiger partial charge >= 0.3 is 0 Å². The van der Waals surface area contributed by atoms with Gasteiger partial charge in [-0.05, 0) is 80.1 Å². The molecule has 152 valence electrons. The van der Waals surface area contributed by atoms with Crippen molar-refractivity contribution in [2.75, 3.05) is 11.9 Å². The van der Waals surface area contributed by atoms with Crippen LogP contribution in [0.25, 0.3) is 0 Å². The minimum atomic E-state index is -0.339. The number of benzene rings is 3. The second kappa shape index (κ2) is 10.0. The first-order valence-corrected chi connectivity index (χ1v) is 9.59. The summed E-state index contributed by atoms with van der Waals surface area (Å²) in [6, 6.07) is 21.4. The number of hydrogen-bond donors (Lipinski definition) is 2. The van der Waals surface area contributed by atoms with E-state index in [9.17, 15) is 9.59 Å². The Labute approximate surface area is 175 Å². The predicted octanol–water partition coefficient (Wildman–Crippen LogP) is 4.41. The number of amides is 2. The van der Waals surface area contributed by atoms with Gasteiger partial charge in [0.25, 0.3) is 11.8 Å². The Balaban J connectivity index is 1.55. The largest absolute Gasteiger partial charge is 0.494 e.